The predicted molar refractivity (Wildman–Crippen MR) is 92.3 cm³/mol. The van der Waals surface area contributed by atoms with Gasteiger partial charge >= 0.3 is 0 Å². The van der Waals surface area contributed by atoms with Crippen molar-refractivity contribution in [3.63, 3.8) is 0 Å². The van der Waals surface area contributed by atoms with Crippen molar-refractivity contribution in [3.8, 4) is 5.75 Å². The summed E-state index contributed by atoms with van der Waals surface area (Å²) in [6.45, 7) is 3.95. The van der Waals surface area contributed by atoms with E-state index in [0.717, 1.165) is 19.4 Å². The first-order valence-corrected chi connectivity index (χ1v) is 8.99. The van der Waals surface area contributed by atoms with Gasteiger partial charge in [0.15, 0.2) is 0 Å². The van der Waals surface area contributed by atoms with E-state index in [9.17, 15) is 9.50 Å². The Bertz CT molecular complexity index is 547. The molecule has 1 aromatic carbocycles. The van der Waals surface area contributed by atoms with Gasteiger partial charge in [-0.1, -0.05) is 0 Å². The minimum Gasteiger partial charge on any atom is -0.491 e. The number of hydrogen-bond acceptors (Lipinski definition) is 5. The number of ether oxygens (including phenoxy) is 3. The number of piperidine rings is 1. The Labute approximate surface area is 148 Å². The SMILES string of the molecule is CO[C@]1(COc2ccc(F)cc2)CCCN(CC2(O)CCOCC2)C1. The lowest BCUT2D eigenvalue weighted by molar-refractivity contribution is -0.120. The third kappa shape index (κ3) is 4.91. The Morgan fingerprint density at radius 1 is 1.20 bits per heavy atom. The van der Waals surface area contributed by atoms with Gasteiger partial charge in [-0.2, -0.15) is 0 Å². The van der Waals surface area contributed by atoms with Gasteiger partial charge in [-0.3, -0.25) is 4.90 Å². The van der Waals surface area contributed by atoms with Crippen LogP contribution in [-0.2, 0) is 9.47 Å². The fourth-order valence-corrected chi connectivity index (χ4v) is 3.74. The van der Waals surface area contributed by atoms with Crippen LogP contribution < -0.4 is 4.74 Å². The van der Waals surface area contributed by atoms with Gasteiger partial charge in [-0.25, -0.2) is 4.39 Å². The molecular weight excluding hydrogens is 325 g/mol. The zero-order chi connectivity index (χ0) is 17.8. The molecule has 0 saturated carbocycles. The van der Waals surface area contributed by atoms with Crippen molar-refractivity contribution in [3.05, 3.63) is 30.1 Å². The number of halogens is 1. The molecule has 2 heterocycles. The lowest BCUT2D eigenvalue weighted by Crippen LogP contribution is -2.57. The van der Waals surface area contributed by atoms with Crippen molar-refractivity contribution in [1.29, 1.82) is 0 Å². The predicted octanol–water partition coefficient (Wildman–Crippen LogP) is 2.23. The first-order valence-electron chi connectivity index (χ1n) is 8.99. The summed E-state index contributed by atoms with van der Waals surface area (Å²) in [7, 11) is 1.71. The van der Waals surface area contributed by atoms with Gasteiger partial charge in [0.2, 0.25) is 0 Å². The van der Waals surface area contributed by atoms with Crippen LogP contribution >= 0.6 is 0 Å². The topological polar surface area (TPSA) is 51.2 Å². The molecule has 2 aliphatic rings. The Morgan fingerprint density at radius 3 is 2.60 bits per heavy atom. The molecule has 1 atom stereocenters. The minimum absolute atomic E-state index is 0.276. The zero-order valence-corrected chi connectivity index (χ0v) is 14.9. The third-order valence-corrected chi connectivity index (χ3v) is 5.31. The average Bonchev–Trinajstić information content (AvgIpc) is 2.62. The van der Waals surface area contributed by atoms with Gasteiger partial charge in [0, 0.05) is 46.3 Å². The first-order chi connectivity index (χ1) is 12.0. The van der Waals surface area contributed by atoms with Crippen molar-refractivity contribution >= 4 is 0 Å². The Balaban J connectivity index is 1.59. The highest BCUT2D eigenvalue weighted by Crippen LogP contribution is 2.29. The normalized spacial score (nSPS) is 27.2. The van der Waals surface area contributed by atoms with Gasteiger partial charge in [0.1, 0.15) is 23.8 Å². The summed E-state index contributed by atoms with van der Waals surface area (Å²) in [4.78, 5) is 2.27. The molecule has 3 rings (SSSR count). The van der Waals surface area contributed by atoms with E-state index < -0.39 is 11.2 Å². The van der Waals surface area contributed by atoms with Crippen LogP contribution in [0, 0.1) is 5.82 Å². The van der Waals surface area contributed by atoms with Crippen LogP contribution in [-0.4, -0.2) is 67.8 Å². The van der Waals surface area contributed by atoms with Crippen molar-refractivity contribution in [2.75, 3.05) is 46.6 Å². The van der Waals surface area contributed by atoms with E-state index >= 15 is 0 Å². The summed E-state index contributed by atoms with van der Waals surface area (Å²) in [5.74, 6) is 0.361. The van der Waals surface area contributed by atoms with Crippen LogP contribution in [0.1, 0.15) is 25.7 Å². The number of rotatable bonds is 6. The number of aliphatic hydroxyl groups is 1. The van der Waals surface area contributed by atoms with E-state index in [1.165, 1.54) is 12.1 Å². The molecule has 1 aromatic rings. The third-order valence-electron chi connectivity index (χ3n) is 5.31. The highest BCUT2D eigenvalue weighted by atomic mass is 19.1. The average molecular weight is 353 g/mol. The number of benzene rings is 1. The van der Waals surface area contributed by atoms with E-state index in [2.05, 4.69) is 4.90 Å². The molecule has 0 amide bonds. The number of likely N-dealkylation sites (tertiary alicyclic amines) is 1. The molecule has 5 nitrogen and oxygen atoms in total. The molecule has 25 heavy (non-hydrogen) atoms. The molecule has 0 unspecified atom stereocenters. The molecule has 140 valence electrons. The van der Waals surface area contributed by atoms with E-state index in [4.69, 9.17) is 14.2 Å². The number of nitrogens with zero attached hydrogens (tertiary/aromatic N) is 1. The molecule has 2 saturated heterocycles. The maximum atomic E-state index is 13.0. The highest BCUT2D eigenvalue weighted by molar-refractivity contribution is 5.22. The Kier molecular flexibility index (Phi) is 5.94. The second-order valence-electron chi connectivity index (χ2n) is 7.28. The summed E-state index contributed by atoms with van der Waals surface area (Å²) in [5, 5.41) is 10.8. The Morgan fingerprint density at radius 2 is 1.92 bits per heavy atom. The summed E-state index contributed by atoms with van der Waals surface area (Å²) in [6, 6.07) is 6.04. The molecule has 0 spiro atoms. The lowest BCUT2D eigenvalue weighted by atomic mass is 9.89. The second-order valence-corrected chi connectivity index (χ2v) is 7.28. The van der Waals surface area contributed by atoms with Crippen molar-refractivity contribution in [1.82, 2.24) is 4.90 Å². The molecule has 0 aromatic heterocycles. The molecule has 1 N–H and O–H groups in total. The maximum absolute atomic E-state index is 13.0. The summed E-state index contributed by atoms with van der Waals surface area (Å²) < 4.78 is 30.1. The molecule has 2 aliphatic heterocycles. The number of β-amino-alcohol motifs (C(OH)–C–C–N with tert-alkyl or cyclic N) is 1. The van der Waals surface area contributed by atoms with Crippen molar-refractivity contribution < 1.29 is 23.7 Å². The quantitative estimate of drug-likeness (QED) is 0.850. The van der Waals surface area contributed by atoms with Gasteiger partial charge in [-0.05, 0) is 43.7 Å². The van der Waals surface area contributed by atoms with Crippen LogP contribution in [0.3, 0.4) is 0 Å². The van der Waals surface area contributed by atoms with E-state index in [1.54, 1.807) is 19.2 Å². The summed E-state index contributed by atoms with van der Waals surface area (Å²) in [6.07, 6.45) is 3.25. The number of methoxy groups -OCH3 is 1. The smallest absolute Gasteiger partial charge is 0.123 e. The fourth-order valence-electron chi connectivity index (χ4n) is 3.74. The summed E-state index contributed by atoms with van der Waals surface area (Å²) >= 11 is 0. The van der Waals surface area contributed by atoms with E-state index in [0.29, 0.717) is 51.5 Å². The molecule has 0 bridgehead atoms. The lowest BCUT2D eigenvalue weighted by Gasteiger charge is -2.45. The molecule has 6 heteroatoms. The number of hydrogen-bond donors (Lipinski definition) is 1. The standard InChI is InChI=1S/C19H28FNO4/c1-23-19(15-25-17-5-3-16(20)4-6-17)7-2-10-21(14-19)13-18(22)8-11-24-12-9-18/h3-6,22H,2,7-15H2,1H3/t19-/m1/s1. The van der Waals surface area contributed by atoms with Crippen molar-refractivity contribution in [2.45, 2.75) is 36.9 Å². The first kappa shape index (κ1) is 18.6. The van der Waals surface area contributed by atoms with Crippen LogP contribution in [0.15, 0.2) is 24.3 Å². The van der Waals surface area contributed by atoms with E-state index in [1.807, 2.05) is 0 Å². The van der Waals surface area contributed by atoms with Gasteiger partial charge < -0.3 is 19.3 Å². The van der Waals surface area contributed by atoms with Crippen LogP contribution in [0.5, 0.6) is 5.75 Å². The maximum Gasteiger partial charge on any atom is 0.123 e. The highest BCUT2D eigenvalue weighted by Gasteiger charge is 2.40. The van der Waals surface area contributed by atoms with E-state index in [-0.39, 0.29) is 5.82 Å². The Hall–Kier alpha value is -1.21. The van der Waals surface area contributed by atoms with Crippen LogP contribution in [0.2, 0.25) is 0 Å². The van der Waals surface area contributed by atoms with Gasteiger partial charge in [0.05, 0.1) is 5.60 Å². The minimum atomic E-state index is -0.674. The zero-order valence-electron chi connectivity index (χ0n) is 14.9. The van der Waals surface area contributed by atoms with Crippen LogP contribution in [0.25, 0.3) is 0 Å². The van der Waals surface area contributed by atoms with Crippen LogP contribution in [0.4, 0.5) is 4.39 Å². The fraction of sp³-hybridized carbons (Fsp3) is 0.684. The molecule has 0 aliphatic carbocycles. The van der Waals surface area contributed by atoms with Gasteiger partial charge in [-0.15, -0.1) is 0 Å². The molecule has 2 fully saturated rings. The second kappa shape index (κ2) is 7.99. The molecular formula is C19H28FNO4. The summed E-state index contributed by atoms with van der Waals surface area (Å²) in [5.41, 5.74) is -1.08. The monoisotopic (exact) mass is 353 g/mol. The molecule has 0 radical (unpaired) electrons. The largest absolute Gasteiger partial charge is 0.491 e. The van der Waals surface area contributed by atoms with Crippen molar-refractivity contribution in [2.24, 2.45) is 0 Å². The van der Waals surface area contributed by atoms with Gasteiger partial charge in [0.25, 0.3) is 0 Å².